The monoisotopic (exact) mass is 266 g/mol. The van der Waals surface area contributed by atoms with Crippen LogP contribution in [0.2, 0.25) is 5.02 Å². The molecule has 4 heteroatoms. The number of nitrogens with two attached hydrogens (primary N) is 1. The molecule has 1 aromatic rings. The number of Topliss-reactive ketones (excluding diaryl/α,β-unsaturated/α-hetero) is 1. The number of benzene rings is 1. The van der Waals surface area contributed by atoms with Crippen LogP contribution in [0.5, 0.6) is 0 Å². The van der Waals surface area contributed by atoms with Crippen molar-refractivity contribution in [2.24, 2.45) is 5.73 Å². The molecule has 98 valence electrons. The van der Waals surface area contributed by atoms with E-state index in [0.29, 0.717) is 11.1 Å². The summed E-state index contributed by atoms with van der Waals surface area (Å²) in [5.74, 6) is 0.155. The smallest absolute Gasteiger partial charge is 0.179 e. The lowest BCUT2D eigenvalue weighted by Gasteiger charge is -2.34. The summed E-state index contributed by atoms with van der Waals surface area (Å²) in [5, 5.41) is 0.656. The van der Waals surface area contributed by atoms with Gasteiger partial charge in [-0.1, -0.05) is 11.6 Å². The second-order valence-electron chi connectivity index (χ2n) is 4.92. The van der Waals surface area contributed by atoms with Gasteiger partial charge in [0.25, 0.3) is 0 Å². The Labute approximate surface area is 113 Å². The minimum atomic E-state index is -0.0846. The van der Waals surface area contributed by atoms with Gasteiger partial charge in [-0.25, -0.2) is 0 Å². The van der Waals surface area contributed by atoms with Gasteiger partial charge in [0.2, 0.25) is 0 Å². The van der Waals surface area contributed by atoms with Crippen LogP contribution in [-0.2, 0) is 0 Å². The molecule has 0 aliphatic carbocycles. The summed E-state index contributed by atoms with van der Waals surface area (Å²) in [6.45, 7) is 3.77. The van der Waals surface area contributed by atoms with Gasteiger partial charge in [-0.2, -0.15) is 0 Å². The zero-order valence-corrected chi connectivity index (χ0v) is 11.4. The Bertz CT molecular complexity index is 410. The maximum absolute atomic E-state index is 12.3. The highest BCUT2D eigenvalue weighted by Crippen LogP contribution is 2.16. The third kappa shape index (κ3) is 3.10. The molecule has 1 aliphatic heterocycles. The van der Waals surface area contributed by atoms with E-state index in [1.165, 1.54) is 0 Å². The largest absolute Gasteiger partial charge is 0.328 e. The van der Waals surface area contributed by atoms with Gasteiger partial charge >= 0.3 is 0 Å². The van der Waals surface area contributed by atoms with Crippen LogP contribution in [0.3, 0.4) is 0 Å². The summed E-state index contributed by atoms with van der Waals surface area (Å²) in [5.41, 5.74) is 6.60. The molecule has 2 N–H and O–H groups in total. The Balaban J connectivity index is 2.02. The van der Waals surface area contributed by atoms with Gasteiger partial charge in [-0.05, 0) is 44.0 Å². The van der Waals surface area contributed by atoms with Crippen molar-refractivity contribution in [3.8, 4) is 0 Å². The van der Waals surface area contributed by atoms with Crippen molar-refractivity contribution in [3.63, 3.8) is 0 Å². The second kappa shape index (κ2) is 5.83. The summed E-state index contributed by atoms with van der Waals surface area (Å²) in [7, 11) is 0. The van der Waals surface area contributed by atoms with Crippen LogP contribution < -0.4 is 5.73 Å². The quantitative estimate of drug-likeness (QED) is 0.855. The average molecular weight is 267 g/mol. The lowest BCUT2D eigenvalue weighted by Crippen LogP contribution is -2.46. The first-order valence-corrected chi connectivity index (χ1v) is 6.75. The fourth-order valence-corrected chi connectivity index (χ4v) is 2.45. The summed E-state index contributed by atoms with van der Waals surface area (Å²) in [6, 6.07) is 7.30. The van der Waals surface area contributed by atoms with Crippen LogP contribution in [0.1, 0.15) is 30.1 Å². The Hall–Kier alpha value is -0.900. The molecule has 0 bridgehead atoms. The van der Waals surface area contributed by atoms with E-state index in [4.69, 9.17) is 17.3 Å². The van der Waals surface area contributed by atoms with Crippen molar-refractivity contribution in [1.82, 2.24) is 4.90 Å². The Morgan fingerprint density at radius 1 is 1.33 bits per heavy atom. The minimum absolute atomic E-state index is 0.0846. The van der Waals surface area contributed by atoms with Crippen LogP contribution in [0.4, 0.5) is 0 Å². The summed E-state index contributed by atoms with van der Waals surface area (Å²) in [6.07, 6.45) is 1.94. The first-order chi connectivity index (χ1) is 8.58. The highest BCUT2D eigenvalue weighted by atomic mass is 35.5. The molecule has 0 aromatic heterocycles. The molecule has 3 nitrogen and oxygen atoms in total. The maximum atomic E-state index is 12.3. The number of likely N-dealkylation sites (tertiary alicyclic amines) is 1. The first kappa shape index (κ1) is 13.5. The second-order valence-corrected chi connectivity index (χ2v) is 5.36. The number of piperidine rings is 1. The van der Waals surface area contributed by atoms with Crippen molar-refractivity contribution in [2.45, 2.75) is 31.8 Å². The highest BCUT2D eigenvalue weighted by molar-refractivity contribution is 6.30. The normalized spacial score (nSPS) is 19.7. The summed E-state index contributed by atoms with van der Waals surface area (Å²) >= 11 is 5.83. The van der Waals surface area contributed by atoms with E-state index in [-0.39, 0.29) is 11.8 Å². The topological polar surface area (TPSA) is 46.3 Å². The molecule has 18 heavy (non-hydrogen) atoms. The number of nitrogens with zero attached hydrogens (tertiary/aromatic N) is 1. The molecular formula is C14H19ClN2O. The molecule has 1 unspecified atom stereocenters. The van der Waals surface area contributed by atoms with Gasteiger partial charge in [0.05, 0.1) is 6.04 Å². The Morgan fingerprint density at radius 3 is 2.44 bits per heavy atom. The van der Waals surface area contributed by atoms with E-state index in [1.54, 1.807) is 24.3 Å². The van der Waals surface area contributed by atoms with Crippen LogP contribution in [0.15, 0.2) is 24.3 Å². The van der Waals surface area contributed by atoms with Crippen molar-refractivity contribution in [1.29, 1.82) is 0 Å². The molecule has 1 fully saturated rings. The lowest BCUT2D eigenvalue weighted by atomic mass is 10.00. The molecule has 2 rings (SSSR count). The predicted molar refractivity (Wildman–Crippen MR) is 74.0 cm³/mol. The average Bonchev–Trinajstić information content (AvgIpc) is 2.39. The molecule has 0 spiro atoms. The molecule has 1 aromatic carbocycles. The molecule has 0 amide bonds. The zero-order valence-electron chi connectivity index (χ0n) is 10.6. The number of halogens is 1. The number of hydrogen-bond acceptors (Lipinski definition) is 3. The van der Waals surface area contributed by atoms with Gasteiger partial charge < -0.3 is 5.73 Å². The zero-order chi connectivity index (χ0) is 13.1. The minimum Gasteiger partial charge on any atom is -0.328 e. The van der Waals surface area contributed by atoms with Crippen LogP contribution in [0, 0.1) is 0 Å². The Kier molecular flexibility index (Phi) is 4.38. The van der Waals surface area contributed by atoms with Gasteiger partial charge in [0, 0.05) is 29.7 Å². The van der Waals surface area contributed by atoms with E-state index >= 15 is 0 Å². The van der Waals surface area contributed by atoms with Gasteiger partial charge in [0.1, 0.15) is 0 Å². The molecule has 0 radical (unpaired) electrons. The molecule has 1 atom stereocenters. The van der Waals surface area contributed by atoms with E-state index in [2.05, 4.69) is 4.90 Å². The standard InChI is InChI=1S/C14H19ClN2O/c1-10(17-8-6-13(16)7-9-17)14(18)11-2-4-12(15)5-3-11/h2-5,10,13H,6-9,16H2,1H3. The summed E-state index contributed by atoms with van der Waals surface area (Å²) < 4.78 is 0. The number of rotatable bonds is 3. The number of carbonyl (C=O) groups is 1. The molecule has 0 saturated carbocycles. The fourth-order valence-electron chi connectivity index (χ4n) is 2.33. The van der Waals surface area contributed by atoms with Gasteiger partial charge in [-0.15, -0.1) is 0 Å². The molecule has 1 saturated heterocycles. The SMILES string of the molecule is CC(C(=O)c1ccc(Cl)cc1)N1CCC(N)CC1. The van der Waals surface area contributed by atoms with Crippen molar-refractivity contribution in [3.05, 3.63) is 34.9 Å². The number of carbonyl (C=O) groups excluding carboxylic acids is 1. The maximum Gasteiger partial charge on any atom is 0.179 e. The van der Waals surface area contributed by atoms with Gasteiger partial charge in [-0.3, -0.25) is 9.69 Å². The van der Waals surface area contributed by atoms with Crippen LogP contribution in [0.25, 0.3) is 0 Å². The van der Waals surface area contributed by atoms with E-state index < -0.39 is 0 Å². The molecular weight excluding hydrogens is 248 g/mol. The van der Waals surface area contributed by atoms with Crippen molar-refractivity contribution in [2.75, 3.05) is 13.1 Å². The Morgan fingerprint density at radius 2 is 1.89 bits per heavy atom. The van der Waals surface area contributed by atoms with Gasteiger partial charge in [0.15, 0.2) is 5.78 Å². The highest BCUT2D eigenvalue weighted by Gasteiger charge is 2.25. The van der Waals surface area contributed by atoms with Crippen LogP contribution >= 0.6 is 11.6 Å². The van der Waals surface area contributed by atoms with E-state index in [1.807, 2.05) is 6.92 Å². The number of hydrogen-bond donors (Lipinski definition) is 1. The third-order valence-corrected chi connectivity index (χ3v) is 3.88. The third-order valence-electron chi connectivity index (χ3n) is 3.63. The summed E-state index contributed by atoms with van der Waals surface area (Å²) in [4.78, 5) is 14.5. The predicted octanol–water partition coefficient (Wildman–Crippen LogP) is 2.33. The number of ketones is 1. The van der Waals surface area contributed by atoms with Crippen molar-refractivity contribution >= 4 is 17.4 Å². The van der Waals surface area contributed by atoms with Crippen molar-refractivity contribution < 1.29 is 4.79 Å². The first-order valence-electron chi connectivity index (χ1n) is 6.37. The molecule has 1 aliphatic rings. The lowest BCUT2D eigenvalue weighted by molar-refractivity contribution is 0.0798. The van der Waals surface area contributed by atoms with E-state index in [0.717, 1.165) is 31.5 Å². The molecule has 1 heterocycles. The van der Waals surface area contributed by atoms with E-state index in [9.17, 15) is 4.79 Å². The fraction of sp³-hybridized carbons (Fsp3) is 0.500. The van der Waals surface area contributed by atoms with Crippen LogP contribution in [-0.4, -0.2) is 35.9 Å².